The van der Waals surface area contributed by atoms with E-state index in [1.54, 1.807) is 15.8 Å². The molecule has 5 aliphatic rings. The summed E-state index contributed by atoms with van der Waals surface area (Å²) in [5.74, 6) is -0.446. The van der Waals surface area contributed by atoms with Crippen molar-refractivity contribution in [3.8, 4) is 0 Å². The Morgan fingerprint density at radius 1 is 0.787 bits per heavy atom. The first kappa shape index (κ1) is 39.7. The molecule has 5 aromatic rings. The summed E-state index contributed by atoms with van der Waals surface area (Å²) in [4.78, 5) is 60.8. The van der Waals surface area contributed by atoms with Gasteiger partial charge in [0.1, 0.15) is 11.5 Å². The number of carbonyl (C=O) groups is 4. The summed E-state index contributed by atoms with van der Waals surface area (Å²) in [5, 5.41) is 24.6. The van der Waals surface area contributed by atoms with Gasteiger partial charge in [-0.25, -0.2) is 28.7 Å². The van der Waals surface area contributed by atoms with Gasteiger partial charge in [-0.05, 0) is 78.3 Å². The Labute approximate surface area is 350 Å². The van der Waals surface area contributed by atoms with Gasteiger partial charge < -0.3 is 30.1 Å². The minimum absolute atomic E-state index is 0.0151. The van der Waals surface area contributed by atoms with E-state index in [9.17, 15) is 19.2 Å². The van der Waals surface area contributed by atoms with Crippen LogP contribution in [0.2, 0.25) is 0 Å². The highest BCUT2D eigenvalue weighted by atomic mass is 16.5. The third kappa shape index (κ3) is 8.25. The molecular formula is C42H46N12O7. The maximum Gasteiger partial charge on any atom is 0.358 e. The van der Waals surface area contributed by atoms with Crippen LogP contribution in [-0.4, -0.2) is 138 Å². The fourth-order valence-corrected chi connectivity index (χ4v) is 8.86. The molecule has 3 aromatic heterocycles. The summed E-state index contributed by atoms with van der Waals surface area (Å²) >= 11 is 0. The molecule has 7 heterocycles. The number of aryl methyl sites for hydroxylation is 2. The summed E-state index contributed by atoms with van der Waals surface area (Å²) in [5.41, 5.74) is 13.1. The molecular weight excluding hydrogens is 785 g/mol. The van der Waals surface area contributed by atoms with Crippen molar-refractivity contribution in [3.63, 3.8) is 0 Å². The lowest BCUT2D eigenvalue weighted by Crippen LogP contribution is -2.43. The minimum Gasteiger partial charge on any atom is -0.476 e. The van der Waals surface area contributed by atoms with Gasteiger partial charge in [0, 0.05) is 36.6 Å². The third-order valence-electron chi connectivity index (χ3n) is 11.9. The van der Waals surface area contributed by atoms with E-state index in [1.165, 1.54) is 10.9 Å². The maximum atomic E-state index is 13.0. The van der Waals surface area contributed by atoms with Gasteiger partial charge in [-0.1, -0.05) is 34.7 Å². The van der Waals surface area contributed by atoms with E-state index in [4.69, 9.17) is 20.3 Å². The molecule has 3 N–H and O–H groups in total. The van der Waals surface area contributed by atoms with Gasteiger partial charge in [0.15, 0.2) is 11.5 Å². The predicted octanol–water partition coefficient (Wildman–Crippen LogP) is 3.22. The van der Waals surface area contributed by atoms with Crippen LogP contribution in [0.1, 0.15) is 67.7 Å². The fraction of sp³-hybridized carbons (Fsp3) is 0.405. The van der Waals surface area contributed by atoms with Gasteiger partial charge in [-0.3, -0.25) is 14.6 Å². The number of morpholine rings is 2. The number of hydrogen-bond donors (Lipinski definition) is 2. The number of aromatic nitrogens is 7. The highest BCUT2D eigenvalue weighted by molar-refractivity contribution is 5.96. The number of Topliss-reactive ketones (excluding diaryl/α,β-unsaturated/α-hetero) is 1. The van der Waals surface area contributed by atoms with E-state index in [-0.39, 0.29) is 41.5 Å². The van der Waals surface area contributed by atoms with Gasteiger partial charge in [0.25, 0.3) is 0 Å². The Kier molecular flexibility index (Phi) is 10.9. The summed E-state index contributed by atoms with van der Waals surface area (Å²) in [6.07, 6.45) is 5.22. The number of ether oxygens (including phenoxy) is 2. The zero-order chi connectivity index (χ0) is 42.2. The number of carboxylic acid groups (broad SMARTS) is 1. The summed E-state index contributed by atoms with van der Waals surface area (Å²) in [7, 11) is 0. The van der Waals surface area contributed by atoms with Gasteiger partial charge in [-0.2, -0.15) is 0 Å². The van der Waals surface area contributed by atoms with Crippen LogP contribution in [0.15, 0.2) is 67.0 Å². The SMILES string of the molecule is Cc1cc(N)nc2c1C(CC(=O)c1cn(Cc3ccc(N4CC5COCCN5C4=O)cc3)nn1)CC2.O=C(O)c1cn(Cc2ccc(N3CC4COCCN4C3=O)cc2)nn1. The molecule has 0 saturated carbocycles. The molecule has 61 heavy (non-hydrogen) atoms. The molecule has 0 bridgehead atoms. The second kappa shape index (κ2) is 16.7. The Hall–Kier alpha value is -6.73. The maximum absolute atomic E-state index is 13.0. The number of nitrogen functional groups attached to an aromatic ring is 1. The van der Waals surface area contributed by atoms with Crippen molar-refractivity contribution in [2.75, 3.05) is 68.1 Å². The first-order valence-electron chi connectivity index (χ1n) is 20.4. The van der Waals surface area contributed by atoms with E-state index in [0.717, 1.165) is 52.2 Å². The molecule has 3 atom stereocenters. The lowest BCUT2D eigenvalue weighted by atomic mass is 9.93. The van der Waals surface area contributed by atoms with Crippen LogP contribution in [0.4, 0.5) is 26.8 Å². The zero-order valence-electron chi connectivity index (χ0n) is 33.7. The molecule has 19 heteroatoms. The first-order valence-corrected chi connectivity index (χ1v) is 20.4. The summed E-state index contributed by atoms with van der Waals surface area (Å²) in [6.45, 7) is 7.83. The average Bonchev–Trinajstić information content (AvgIpc) is 4.11. The number of aromatic carboxylic acids is 1. The van der Waals surface area contributed by atoms with Crippen molar-refractivity contribution in [1.82, 2.24) is 44.8 Å². The number of benzene rings is 2. The molecule has 3 unspecified atom stereocenters. The van der Waals surface area contributed by atoms with Crippen LogP contribution in [-0.2, 0) is 29.0 Å². The number of rotatable bonds is 10. The Balaban J connectivity index is 0.000000167. The lowest BCUT2D eigenvalue weighted by Gasteiger charge is -2.27. The quantitative estimate of drug-likeness (QED) is 0.193. The normalized spacial score (nSPS) is 20.6. The Morgan fingerprint density at radius 2 is 1.31 bits per heavy atom. The van der Waals surface area contributed by atoms with Crippen LogP contribution in [0.3, 0.4) is 0 Å². The first-order chi connectivity index (χ1) is 29.6. The zero-order valence-corrected chi connectivity index (χ0v) is 33.7. The number of nitrogens with zero attached hydrogens (tertiary/aromatic N) is 11. The summed E-state index contributed by atoms with van der Waals surface area (Å²) in [6, 6.07) is 17.6. The molecule has 316 valence electrons. The number of carboxylic acids is 1. The number of carbonyl (C=O) groups excluding carboxylic acids is 3. The van der Waals surface area contributed by atoms with E-state index in [1.807, 2.05) is 76.2 Å². The molecule has 2 aromatic carbocycles. The number of hydrogen-bond acceptors (Lipinski definition) is 12. The largest absolute Gasteiger partial charge is 0.476 e. The van der Waals surface area contributed by atoms with Crippen LogP contribution in [0.25, 0.3) is 0 Å². The minimum atomic E-state index is -1.10. The molecule has 10 rings (SSSR count). The number of nitrogens with two attached hydrogens (primary N) is 1. The smallest absolute Gasteiger partial charge is 0.358 e. The van der Waals surface area contributed by atoms with Crippen molar-refractivity contribution >= 4 is 41.0 Å². The fourth-order valence-electron chi connectivity index (χ4n) is 8.86. The number of anilines is 3. The standard InChI is InChI=1S/C26H29N7O3.C16H17N5O4/c1-16-10-24(27)28-21-7-4-18(25(16)21)11-23(34)22-14-31(30-29-22)12-17-2-5-19(6-3-17)33-13-20-15-36-9-8-32(20)26(33)35;22-15(23)14-9-19(18-17-14)7-11-1-3-12(4-2-11)21-8-13-10-25-6-5-20(13)16(21)24/h2-3,5-6,10,14,18,20H,4,7-9,11-13,15H2,1H3,(H2,27,28);1-4,9,13H,5-8,10H2,(H,22,23). The molecule has 4 saturated heterocycles. The van der Waals surface area contributed by atoms with Crippen molar-refractivity contribution in [2.45, 2.75) is 57.3 Å². The van der Waals surface area contributed by atoms with E-state index in [0.29, 0.717) is 83.6 Å². The van der Waals surface area contributed by atoms with Gasteiger partial charge in [0.2, 0.25) is 0 Å². The molecule has 0 spiro atoms. The van der Waals surface area contributed by atoms with Crippen molar-refractivity contribution in [1.29, 1.82) is 0 Å². The third-order valence-corrected chi connectivity index (χ3v) is 11.9. The Morgan fingerprint density at radius 3 is 1.82 bits per heavy atom. The monoisotopic (exact) mass is 830 g/mol. The van der Waals surface area contributed by atoms with Crippen LogP contribution >= 0.6 is 0 Å². The van der Waals surface area contributed by atoms with Crippen molar-refractivity contribution in [2.24, 2.45) is 0 Å². The van der Waals surface area contributed by atoms with Gasteiger partial charge >= 0.3 is 18.0 Å². The number of fused-ring (bicyclic) bond motifs is 3. The molecule has 0 radical (unpaired) electrons. The number of pyridine rings is 1. The molecule has 4 fully saturated rings. The van der Waals surface area contributed by atoms with Gasteiger partial charge in [0.05, 0.1) is 77.1 Å². The predicted molar refractivity (Wildman–Crippen MR) is 220 cm³/mol. The van der Waals surface area contributed by atoms with E-state index in [2.05, 4.69) is 25.6 Å². The highest BCUT2D eigenvalue weighted by Crippen LogP contribution is 2.38. The topological polar surface area (TPSA) is 220 Å². The summed E-state index contributed by atoms with van der Waals surface area (Å²) < 4.78 is 14.1. The molecule has 1 aliphatic carbocycles. The van der Waals surface area contributed by atoms with E-state index < -0.39 is 5.97 Å². The highest BCUT2D eigenvalue weighted by Gasteiger charge is 2.41. The average molecular weight is 831 g/mol. The van der Waals surface area contributed by atoms with Crippen LogP contribution in [0, 0.1) is 6.92 Å². The second-order valence-corrected chi connectivity index (χ2v) is 16.0. The van der Waals surface area contributed by atoms with Crippen molar-refractivity contribution in [3.05, 3.63) is 106 Å². The van der Waals surface area contributed by atoms with Gasteiger partial charge in [-0.15, -0.1) is 10.2 Å². The molecule has 4 amide bonds. The lowest BCUT2D eigenvalue weighted by molar-refractivity contribution is 0.0300. The van der Waals surface area contributed by atoms with Crippen LogP contribution in [0.5, 0.6) is 0 Å². The van der Waals surface area contributed by atoms with E-state index >= 15 is 0 Å². The van der Waals surface area contributed by atoms with Crippen LogP contribution < -0.4 is 15.5 Å². The number of ketones is 1. The molecule has 4 aliphatic heterocycles. The molecule has 19 nitrogen and oxygen atoms in total. The number of amides is 4. The Bertz CT molecular complexity index is 2450. The van der Waals surface area contributed by atoms with Crippen molar-refractivity contribution < 1.29 is 33.8 Å². The second-order valence-electron chi connectivity index (χ2n) is 16.0. The number of urea groups is 2.